The Morgan fingerprint density at radius 1 is 1.26 bits per heavy atom. The fraction of sp³-hybridized carbons (Fsp3) is 0.385. The minimum atomic E-state index is 0.00258. The number of rotatable bonds is 1. The fourth-order valence-electron chi connectivity index (χ4n) is 2.38. The summed E-state index contributed by atoms with van der Waals surface area (Å²) in [5, 5.41) is 3.88. The first-order valence-corrected chi connectivity index (χ1v) is 7.13. The molecule has 2 heterocycles. The summed E-state index contributed by atoms with van der Waals surface area (Å²) in [6.07, 6.45) is 0. The molecule has 1 N–H and O–H groups in total. The van der Waals surface area contributed by atoms with Crippen LogP contribution in [0.15, 0.2) is 24.3 Å². The minimum Gasteiger partial charge on any atom is -0.352 e. The van der Waals surface area contributed by atoms with Crippen molar-refractivity contribution >= 4 is 33.5 Å². The number of amides is 2. The minimum absolute atomic E-state index is 0.00258. The van der Waals surface area contributed by atoms with Crippen LogP contribution in [-0.2, 0) is 0 Å². The van der Waals surface area contributed by atoms with E-state index >= 15 is 0 Å². The van der Waals surface area contributed by atoms with Gasteiger partial charge in [-0.1, -0.05) is 12.1 Å². The summed E-state index contributed by atoms with van der Waals surface area (Å²) in [6, 6.07) is 8.29. The molecule has 0 bridgehead atoms. The molecule has 1 saturated heterocycles. The first kappa shape index (κ1) is 12.2. The zero-order valence-corrected chi connectivity index (χ0v) is 11.6. The van der Waals surface area contributed by atoms with E-state index in [0.29, 0.717) is 0 Å². The first-order chi connectivity index (χ1) is 9.29. The fourth-order valence-corrected chi connectivity index (χ4v) is 3.18. The third-order valence-electron chi connectivity index (χ3n) is 3.44. The molecule has 1 fully saturated rings. The molecule has 19 heavy (non-hydrogen) atoms. The third kappa shape index (κ3) is 2.23. The van der Waals surface area contributed by atoms with E-state index in [1.807, 2.05) is 17.0 Å². The lowest BCUT2D eigenvalue weighted by Crippen LogP contribution is -2.51. The number of benzene rings is 1. The van der Waals surface area contributed by atoms with Crippen molar-refractivity contribution in [1.82, 2.24) is 14.6 Å². The Morgan fingerprint density at radius 3 is 2.74 bits per heavy atom. The monoisotopic (exact) mass is 276 g/mol. The van der Waals surface area contributed by atoms with E-state index in [9.17, 15) is 4.79 Å². The number of nitrogens with one attached hydrogen (secondary N) is 1. The molecule has 0 aliphatic carbocycles. The van der Waals surface area contributed by atoms with Crippen LogP contribution in [0.25, 0.3) is 10.1 Å². The van der Waals surface area contributed by atoms with Gasteiger partial charge >= 0.3 is 6.03 Å². The summed E-state index contributed by atoms with van der Waals surface area (Å²) in [6.45, 7) is 3.15. The number of hydrogen-bond acceptors (Lipinski definition) is 4. The Bertz CT molecular complexity index is 589. The van der Waals surface area contributed by atoms with Crippen LogP contribution in [0, 0.1) is 0 Å². The predicted molar refractivity (Wildman–Crippen MR) is 77.9 cm³/mol. The van der Waals surface area contributed by atoms with Gasteiger partial charge in [-0.25, -0.2) is 4.79 Å². The second-order valence-corrected chi connectivity index (χ2v) is 5.34. The topological polar surface area (TPSA) is 48.5 Å². The Kier molecular flexibility index (Phi) is 3.25. The smallest absolute Gasteiger partial charge is 0.317 e. The normalized spacial score (nSPS) is 15.8. The van der Waals surface area contributed by atoms with Crippen molar-refractivity contribution < 1.29 is 4.79 Å². The molecule has 6 heteroatoms. The highest BCUT2D eigenvalue weighted by atomic mass is 32.1. The number of anilines is 1. The van der Waals surface area contributed by atoms with Crippen molar-refractivity contribution in [1.29, 1.82) is 0 Å². The highest BCUT2D eigenvalue weighted by molar-refractivity contribution is 7.13. The molecule has 3 rings (SSSR count). The number of hydrogen-bond donors (Lipinski definition) is 1. The SMILES string of the molecule is CNC(=O)N1CCN(c2nsc3ccccc23)CC1. The van der Waals surface area contributed by atoms with Gasteiger partial charge in [0, 0.05) is 38.6 Å². The zero-order valence-electron chi connectivity index (χ0n) is 10.8. The maximum Gasteiger partial charge on any atom is 0.317 e. The van der Waals surface area contributed by atoms with Crippen LogP contribution in [0.5, 0.6) is 0 Å². The number of carbonyl (C=O) groups is 1. The van der Waals surface area contributed by atoms with Crippen LogP contribution in [0.1, 0.15) is 0 Å². The van der Waals surface area contributed by atoms with Crippen LogP contribution < -0.4 is 10.2 Å². The van der Waals surface area contributed by atoms with Crippen molar-refractivity contribution in [2.24, 2.45) is 0 Å². The van der Waals surface area contributed by atoms with E-state index in [1.165, 1.54) is 21.6 Å². The van der Waals surface area contributed by atoms with Gasteiger partial charge < -0.3 is 15.1 Å². The highest BCUT2D eigenvalue weighted by Crippen LogP contribution is 2.29. The van der Waals surface area contributed by atoms with Crippen molar-refractivity contribution in [3.05, 3.63) is 24.3 Å². The van der Waals surface area contributed by atoms with Crippen molar-refractivity contribution in [3.8, 4) is 0 Å². The molecule has 2 aromatic rings. The zero-order chi connectivity index (χ0) is 13.2. The standard InChI is InChI=1S/C13H16N4OS/c1-14-13(18)17-8-6-16(7-9-17)12-10-4-2-3-5-11(10)19-15-12/h2-5H,6-9H2,1H3,(H,14,18). The Labute approximate surface area is 116 Å². The predicted octanol–water partition coefficient (Wildman–Crippen LogP) is 1.76. The summed E-state index contributed by atoms with van der Waals surface area (Å²) < 4.78 is 5.77. The molecule has 1 aromatic carbocycles. The molecule has 5 nitrogen and oxygen atoms in total. The van der Waals surface area contributed by atoms with Crippen LogP contribution in [0.2, 0.25) is 0 Å². The van der Waals surface area contributed by atoms with Gasteiger partial charge in [0.1, 0.15) is 5.82 Å². The second-order valence-electron chi connectivity index (χ2n) is 4.53. The largest absolute Gasteiger partial charge is 0.352 e. The first-order valence-electron chi connectivity index (χ1n) is 6.35. The summed E-state index contributed by atoms with van der Waals surface area (Å²) in [7, 11) is 1.67. The number of fused-ring (bicyclic) bond motifs is 1. The summed E-state index contributed by atoms with van der Waals surface area (Å²) in [5.74, 6) is 1.05. The Morgan fingerprint density at radius 2 is 2.00 bits per heavy atom. The van der Waals surface area contributed by atoms with Gasteiger partial charge in [-0.3, -0.25) is 0 Å². The molecule has 0 atom stereocenters. The van der Waals surface area contributed by atoms with Gasteiger partial charge in [0.05, 0.1) is 4.70 Å². The molecular weight excluding hydrogens is 260 g/mol. The van der Waals surface area contributed by atoms with Gasteiger partial charge in [0.2, 0.25) is 0 Å². The Balaban J connectivity index is 1.77. The van der Waals surface area contributed by atoms with Gasteiger partial charge in [-0.15, -0.1) is 0 Å². The molecule has 1 aromatic heterocycles. The number of piperazine rings is 1. The molecular formula is C13H16N4OS. The van der Waals surface area contributed by atoms with Crippen molar-refractivity contribution in [2.75, 3.05) is 38.1 Å². The van der Waals surface area contributed by atoms with Crippen molar-refractivity contribution in [2.45, 2.75) is 0 Å². The van der Waals surface area contributed by atoms with Crippen LogP contribution in [0.3, 0.4) is 0 Å². The van der Waals surface area contributed by atoms with Gasteiger partial charge in [-0.05, 0) is 23.7 Å². The van der Waals surface area contributed by atoms with E-state index < -0.39 is 0 Å². The van der Waals surface area contributed by atoms with Crippen LogP contribution in [-0.4, -0.2) is 48.5 Å². The summed E-state index contributed by atoms with van der Waals surface area (Å²) >= 11 is 1.53. The van der Waals surface area contributed by atoms with Crippen LogP contribution >= 0.6 is 11.5 Å². The average Bonchev–Trinajstić information content (AvgIpc) is 2.90. The number of aromatic nitrogens is 1. The molecule has 100 valence electrons. The maximum atomic E-state index is 11.6. The second kappa shape index (κ2) is 5.05. The molecule has 1 aliphatic rings. The quantitative estimate of drug-likeness (QED) is 0.863. The van der Waals surface area contributed by atoms with E-state index in [-0.39, 0.29) is 6.03 Å². The van der Waals surface area contributed by atoms with Gasteiger partial charge in [0.15, 0.2) is 0 Å². The maximum absolute atomic E-state index is 11.6. The molecule has 0 radical (unpaired) electrons. The molecule has 0 unspecified atom stereocenters. The number of nitrogens with zero attached hydrogens (tertiary/aromatic N) is 3. The van der Waals surface area contributed by atoms with E-state index in [0.717, 1.165) is 32.0 Å². The highest BCUT2D eigenvalue weighted by Gasteiger charge is 2.22. The lowest BCUT2D eigenvalue weighted by atomic mass is 10.2. The van der Waals surface area contributed by atoms with Gasteiger partial charge in [0.25, 0.3) is 0 Å². The van der Waals surface area contributed by atoms with E-state index in [2.05, 4.69) is 26.7 Å². The molecule has 2 amide bonds. The summed E-state index contributed by atoms with van der Waals surface area (Å²) in [5.41, 5.74) is 0. The van der Waals surface area contributed by atoms with Crippen LogP contribution in [0.4, 0.5) is 10.6 Å². The lowest BCUT2D eigenvalue weighted by molar-refractivity contribution is 0.196. The van der Waals surface area contributed by atoms with E-state index in [1.54, 1.807) is 7.05 Å². The average molecular weight is 276 g/mol. The third-order valence-corrected chi connectivity index (χ3v) is 4.26. The molecule has 1 aliphatic heterocycles. The molecule has 0 spiro atoms. The number of urea groups is 1. The lowest BCUT2D eigenvalue weighted by Gasteiger charge is -2.34. The van der Waals surface area contributed by atoms with E-state index in [4.69, 9.17) is 0 Å². The van der Waals surface area contributed by atoms with Gasteiger partial charge in [-0.2, -0.15) is 4.37 Å². The molecule has 0 saturated carbocycles. The Hall–Kier alpha value is -1.82. The summed E-state index contributed by atoms with van der Waals surface area (Å²) in [4.78, 5) is 15.7. The number of carbonyl (C=O) groups excluding carboxylic acids is 1. The van der Waals surface area contributed by atoms with Crippen molar-refractivity contribution in [3.63, 3.8) is 0 Å².